The van der Waals surface area contributed by atoms with Crippen molar-refractivity contribution in [2.45, 2.75) is 76.7 Å². The molecule has 1 aromatic carbocycles. The fraction of sp³-hybridized carbons (Fsp3) is 0.632. The summed E-state index contributed by atoms with van der Waals surface area (Å²) in [4.78, 5) is 16.1. The third-order valence-electron chi connectivity index (χ3n) is 5.36. The van der Waals surface area contributed by atoms with Crippen molar-refractivity contribution < 1.29 is 9.90 Å². The molecule has 0 aromatic heterocycles. The summed E-state index contributed by atoms with van der Waals surface area (Å²) in [6.07, 6.45) is 3.55. The second-order valence-corrected chi connectivity index (χ2v) is 7.99. The largest absolute Gasteiger partial charge is 0.465 e. The Morgan fingerprint density at radius 2 is 1.74 bits per heavy atom. The Balaban J connectivity index is 1.73. The van der Waals surface area contributed by atoms with Gasteiger partial charge in [0.25, 0.3) is 0 Å². The number of amides is 1. The lowest BCUT2D eigenvalue weighted by Gasteiger charge is -2.46. The van der Waals surface area contributed by atoms with E-state index in [4.69, 9.17) is 0 Å². The lowest BCUT2D eigenvalue weighted by atomic mass is 9.92. The Hall–Kier alpha value is -1.55. The molecular formula is C19H28N2O2. The zero-order valence-electron chi connectivity index (χ0n) is 14.4. The SMILES string of the molecule is CC(C)(C)N(C(=O)O)C1CC2CCC(C1)N2Cc1ccccc1. The van der Waals surface area contributed by atoms with Crippen LogP contribution in [0.2, 0.25) is 0 Å². The van der Waals surface area contributed by atoms with Gasteiger partial charge in [-0.25, -0.2) is 4.79 Å². The third kappa shape index (κ3) is 3.37. The quantitative estimate of drug-likeness (QED) is 0.918. The van der Waals surface area contributed by atoms with E-state index in [1.807, 2.05) is 20.8 Å². The zero-order valence-corrected chi connectivity index (χ0v) is 14.4. The van der Waals surface area contributed by atoms with E-state index < -0.39 is 6.09 Å². The topological polar surface area (TPSA) is 43.8 Å². The number of carboxylic acid groups (broad SMARTS) is 1. The molecule has 1 amide bonds. The fourth-order valence-corrected chi connectivity index (χ4v) is 4.50. The summed E-state index contributed by atoms with van der Waals surface area (Å²) in [5.74, 6) is 0. The molecule has 4 heteroatoms. The number of carbonyl (C=O) groups is 1. The molecule has 0 radical (unpaired) electrons. The molecule has 2 heterocycles. The van der Waals surface area contributed by atoms with Gasteiger partial charge in [0.1, 0.15) is 0 Å². The molecule has 126 valence electrons. The smallest absolute Gasteiger partial charge is 0.407 e. The van der Waals surface area contributed by atoms with E-state index in [1.165, 1.54) is 18.4 Å². The molecule has 4 nitrogen and oxygen atoms in total. The molecule has 1 aromatic rings. The van der Waals surface area contributed by atoms with Crippen molar-refractivity contribution >= 4 is 6.09 Å². The van der Waals surface area contributed by atoms with Gasteiger partial charge in [-0.1, -0.05) is 30.3 Å². The maximum atomic E-state index is 11.8. The van der Waals surface area contributed by atoms with E-state index in [9.17, 15) is 9.90 Å². The fourth-order valence-electron chi connectivity index (χ4n) is 4.50. The summed E-state index contributed by atoms with van der Waals surface area (Å²) >= 11 is 0. The van der Waals surface area contributed by atoms with Crippen molar-refractivity contribution in [3.8, 4) is 0 Å². The van der Waals surface area contributed by atoms with Crippen LogP contribution in [0.4, 0.5) is 4.79 Å². The summed E-state index contributed by atoms with van der Waals surface area (Å²) in [5, 5.41) is 9.67. The number of benzene rings is 1. The van der Waals surface area contributed by atoms with Gasteiger partial charge in [0.05, 0.1) is 0 Å². The molecule has 2 fully saturated rings. The summed E-state index contributed by atoms with van der Waals surface area (Å²) in [5.41, 5.74) is 1.02. The van der Waals surface area contributed by atoms with E-state index in [0.717, 1.165) is 19.4 Å². The Kier molecular flexibility index (Phi) is 4.37. The van der Waals surface area contributed by atoms with Crippen molar-refractivity contribution in [2.24, 2.45) is 0 Å². The monoisotopic (exact) mass is 316 g/mol. The molecule has 2 aliphatic rings. The number of hydrogen-bond acceptors (Lipinski definition) is 2. The van der Waals surface area contributed by atoms with Crippen molar-refractivity contribution in [3.05, 3.63) is 35.9 Å². The predicted octanol–water partition coefficient (Wildman–Crippen LogP) is 3.96. The highest BCUT2D eigenvalue weighted by molar-refractivity contribution is 5.66. The average Bonchev–Trinajstić information content (AvgIpc) is 2.69. The molecule has 3 rings (SSSR count). The number of rotatable bonds is 3. The predicted molar refractivity (Wildman–Crippen MR) is 91.4 cm³/mol. The normalized spacial score (nSPS) is 27.9. The third-order valence-corrected chi connectivity index (χ3v) is 5.36. The Morgan fingerprint density at radius 3 is 2.22 bits per heavy atom. The van der Waals surface area contributed by atoms with Gasteiger partial charge in [-0.2, -0.15) is 0 Å². The Bertz CT molecular complexity index is 538. The van der Waals surface area contributed by atoms with E-state index in [0.29, 0.717) is 12.1 Å². The van der Waals surface area contributed by atoms with Gasteiger partial charge >= 0.3 is 6.09 Å². The molecule has 2 aliphatic heterocycles. The van der Waals surface area contributed by atoms with Gasteiger partial charge in [0.15, 0.2) is 0 Å². The first kappa shape index (κ1) is 16.3. The maximum Gasteiger partial charge on any atom is 0.407 e. The molecule has 0 spiro atoms. The number of fused-ring (bicyclic) bond motifs is 2. The molecule has 2 unspecified atom stereocenters. The molecule has 0 aliphatic carbocycles. The first-order chi connectivity index (χ1) is 10.9. The van der Waals surface area contributed by atoms with Gasteiger partial charge in [0.2, 0.25) is 0 Å². The standard InChI is InChI=1S/C19H28N2O2/c1-19(2,3)21(18(22)23)17-11-15-9-10-16(12-17)20(15)13-14-7-5-4-6-8-14/h4-8,15-17H,9-13H2,1-3H3,(H,22,23). The minimum Gasteiger partial charge on any atom is -0.465 e. The van der Waals surface area contributed by atoms with Crippen LogP contribution in [0.25, 0.3) is 0 Å². The average molecular weight is 316 g/mol. The second-order valence-electron chi connectivity index (χ2n) is 7.99. The molecule has 2 saturated heterocycles. The highest BCUT2D eigenvalue weighted by Gasteiger charge is 2.45. The van der Waals surface area contributed by atoms with Crippen LogP contribution in [0, 0.1) is 0 Å². The molecule has 1 N–H and O–H groups in total. The van der Waals surface area contributed by atoms with Crippen LogP contribution in [0.15, 0.2) is 30.3 Å². The van der Waals surface area contributed by atoms with Crippen LogP contribution < -0.4 is 0 Å². The van der Waals surface area contributed by atoms with E-state index in [1.54, 1.807) is 4.90 Å². The number of nitrogens with zero attached hydrogens (tertiary/aromatic N) is 2. The van der Waals surface area contributed by atoms with E-state index in [-0.39, 0.29) is 11.6 Å². The molecule has 2 bridgehead atoms. The summed E-state index contributed by atoms with van der Waals surface area (Å²) in [6, 6.07) is 11.8. The number of piperidine rings is 1. The minimum absolute atomic E-state index is 0.150. The Morgan fingerprint density at radius 1 is 1.17 bits per heavy atom. The van der Waals surface area contributed by atoms with Crippen LogP contribution in [0.5, 0.6) is 0 Å². The summed E-state index contributed by atoms with van der Waals surface area (Å²) in [7, 11) is 0. The first-order valence-corrected chi connectivity index (χ1v) is 8.68. The minimum atomic E-state index is -0.779. The molecule has 0 saturated carbocycles. The van der Waals surface area contributed by atoms with Crippen molar-refractivity contribution in [1.82, 2.24) is 9.80 Å². The molecular weight excluding hydrogens is 288 g/mol. The van der Waals surface area contributed by atoms with Gasteiger partial charge in [0, 0.05) is 30.2 Å². The lowest BCUT2D eigenvalue weighted by molar-refractivity contribution is 0.0162. The van der Waals surface area contributed by atoms with Crippen molar-refractivity contribution in [3.63, 3.8) is 0 Å². The summed E-state index contributed by atoms with van der Waals surface area (Å²) < 4.78 is 0. The highest BCUT2D eigenvalue weighted by Crippen LogP contribution is 2.40. The lowest BCUT2D eigenvalue weighted by Crippen LogP contribution is -2.57. The second kappa shape index (κ2) is 6.16. The van der Waals surface area contributed by atoms with Gasteiger partial charge in [-0.3, -0.25) is 4.90 Å². The molecule has 23 heavy (non-hydrogen) atoms. The van der Waals surface area contributed by atoms with Gasteiger partial charge < -0.3 is 10.0 Å². The van der Waals surface area contributed by atoms with Crippen LogP contribution >= 0.6 is 0 Å². The van der Waals surface area contributed by atoms with Crippen molar-refractivity contribution in [1.29, 1.82) is 0 Å². The Labute approximate surface area is 139 Å². The van der Waals surface area contributed by atoms with E-state index >= 15 is 0 Å². The zero-order chi connectivity index (χ0) is 16.6. The van der Waals surface area contributed by atoms with Crippen LogP contribution in [-0.4, -0.2) is 44.7 Å². The first-order valence-electron chi connectivity index (χ1n) is 8.68. The highest BCUT2D eigenvalue weighted by atomic mass is 16.4. The van der Waals surface area contributed by atoms with Crippen LogP contribution in [0.3, 0.4) is 0 Å². The molecule has 2 atom stereocenters. The van der Waals surface area contributed by atoms with Crippen LogP contribution in [-0.2, 0) is 6.54 Å². The summed E-state index contributed by atoms with van der Waals surface area (Å²) in [6.45, 7) is 6.99. The van der Waals surface area contributed by atoms with Gasteiger partial charge in [-0.15, -0.1) is 0 Å². The maximum absolute atomic E-state index is 11.8. The van der Waals surface area contributed by atoms with Crippen molar-refractivity contribution in [2.75, 3.05) is 0 Å². The number of hydrogen-bond donors (Lipinski definition) is 1. The van der Waals surface area contributed by atoms with Gasteiger partial charge in [-0.05, 0) is 52.0 Å². The van der Waals surface area contributed by atoms with E-state index in [2.05, 4.69) is 35.2 Å². The van der Waals surface area contributed by atoms with Crippen LogP contribution in [0.1, 0.15) is 52.0 Å².